The van der Waals surface area contributed by atoms with Gasteiger partial charge in [0.05, 0.1) is 10.2 Å². The van der Waals surface area contributed by atoms with Crippen LogP contribution in [0.4, 0.5) is 10.1 Å². The Balaban J connectivity index is 2.45. The molecule has 1 heterocycles. The molecule has 15 heavy (non-hydrogen) atoms. The number of rotatable bonds is 1. The molecule has 1 aromatic carbocycles. The van der Waals surface area contributed by atoms with Gasteiger partial charge >= 0.3 is 0 Å². The van der Waals surface area contributed by atoms with Crippen molar-refractivity contribution in [3.63, 3.8) is 0 Å². The summed E-state index contributed by atoms with van der Waals surface area (Å²) in [5, 5.41) is 2.63. The van der Waals surface area contributed by atoms with E-state index < -0.39 is 0 Å². The summed E-state index contributed by atoms with van der Waals surface area (Å²) >= 11 is 3.10. The van der Waals surface area contributed by atoms with Gasteiger partial charge < -0.3 is 5.32 Å². The molecule has 4 heteroatoms. The highest BCUT2D eigenvalue weighted by atomic mass is 79.9. The van der Waals surface area contributed by atoms with Gasteiger partial charge in [-0.15, -0.1) is 0 Å². The van der Waals surface area contributed by atoms with Gasteiger partial charge in [-0.3, -0.25) is 4.79 Å². The molecule has 80 valence electrons. The van der Waals surface area contributed by atoms with Crippen molar-refractivity contribution >= 4 is 27.5 Å². The SMILES string of the molecule is CCC1Cc2ccc(Br)c(F)c2NC1=O. The van der Waals surface area contributed by atoms with E-state index in [1.54, 1.807) is 6.07 Å². The van der Waals surface area contributed by atoms with Crippen molar-refractivity contribution in [1.82, 2.24) is 0 Å². The quantitative estimate of drug-likeness (QED) is 0.836. The first-order chi connectivity index (χ1) is 7.13. The summed E-state index contributed by atoms with van der Waals surface area (Å²) < 4.78 is 14.0. The molecule has 1 aliphatic heterocycles. The summed E-state index contributed by atoms with van der Waals surface area (Å²) in [6.45, 7) is 1.96. The van der Waals surface area contributed by atoms with Crippen LogP contribution in [0.1, 0.15) is 18.9 Å². The van der Waals surface area contributed by atoms with Crippen LogP contribution in [0.15, 0.2) is 16.6 Å². The predicted molar refractivity (Wildman–Crippen MR) is 60.2 cm³/mol. The Kier molecular flexibility index (Phi) is 2.78. The lowest BCUT2D eigenvalue weighted by Gasteiger charge is -2.24. The Morgan fingerprint density at radius 1 is 1.60 bits per heavy atom. The second kappa shape index (κ2) is 3.93. The summed E-state index contributed by atoms with van der Waals surface area (Å²) in [5.41, 5.74) is 1.21. The molecular formula is C11H11BrFNO. The van der Waals surface area contributed by atoms with Crippen LogP contribution >= 0.6 is 15.9 Å². The monoisotopic (exact) mass is 271 g/mol. The van der Waals surface area contributed by atoms with Crippen molar-refractivity contribution < 1.29 is 9.18 Å². The van der Waals surface area contributed by atoms with Crippen LogP contribution in [-0.2, 0) is 11.2 Å². The molecule has 1 N–H and O–H groups in total. The van der Waals surface area contributed by atoms with Crippen molar-refractivity contribution in [2.45, 2.75) is 19.8 Å². The first-order valence-electron chi connectivity index (χ1n) is 4.91. The number of hydrogen-bond acceptors (Lipinski definition) is 1. The normalized spacial score (nSPS) is 19.7. The van der Waals surface area contributed by atoms with E-state index in [-0.39, 0.29) is 17.6 Å². The lowest BCUT2D eigenvalue weighted by Crippen LogP contribution is -2.30. The average molecular weight is 272 g/mol. The van der Waals surface area contributed by atoms with Crippen molar-refractivity contribution in [3.05, 3.63) is 28.0 Å². The Hall–Kier alpha value is -0.900. The van der Waals surface area contributed by atoms with E-state index in [0.29, 0.717) is 16.6 Å². The maximum atomic E-state index is 13.6. The minimum Gasteiger partial charge on any atom is -0.323 e. The number of benzene rings is 1. The second-order valence-electron chi connectivity index (χ2n) is 3.69. The van der Waals surface area contributed by atoms with Crippen LogP contribution in [0.5, 0.6) is 0 Å². The molecule has 0 spiro atoms. The van der Waals surface area contributed by atoms with E-state index in [4.69, 9.17) is 0 Å². The van der Waals surface area contributed by atoms with Gasteiger partial charge in [-0.25, -0.2) is 4.39 Å². The maximum Gasteiger partial charge on any atom is 0.227 e. The summed E-state index contributed by atoms with van der Waals surface area (Å²) in [6.07, 6.45) is 1.41. The number of anilines is 1. The second-order valence-corrected chi connectivity index (χ2v) is 4.55. The average Bonchev–Trinajstić information content (AvgIpc) is 2.24. The number of hydrogen-bond donors (Lipinski definition) is 1. The third-order valence-corrected chi connectivity index (χ3v) is 3.37. The van der Waals surface area contributed by atoms with Crippen LogP contribution < -0.4 is 5.32 Å². The number of halogens is 2. The number of nitrogens with one attached hydrogen (secondary N) is 1. The lowest BCUT2D eigenvalue weighted by atomic mass is 9.91. The zero-order chi connectivity index (χ0) is 11.0. The first kappa shape index (κ1) is 10.6. The maximum absolute atomic E-state index is 13.6. The fraction of sp³-hybridized carbons (Fsp3) is 0.364. The van der Waals surface area contributed by atoms with Crippen LogP contribution in [0.25, 0.3) is 0 Å². The van der Waals surface area contributed by atoms with Gasteiger partial charge in [0.1, 0.15) is 0 Å². The molecule has 0 saturated carbocycles. The Labute approximate surface area is 96.0 Å². The van der Waals surface area contributed by atoms with Crippen molar-refractivity contribution in [3.8, 4) is 0 Å². The summed E-state index contributed by atoms with van der Waals surface area (Å²) in [6, 6.07) is 3.53. The molecule has 0 aromatic heterocycles. The van der Waals surface area contributed by atoms with Gasteiger partial charge in [0.2, 0.25) is 5.91 Å². The van der Waals surface area contributed by atoms with E-state index in [2.05, 4.69) is 21.2 Å². The first-order valence-corrected chi connectivity index (χ1v) is 5.70. The minimum atomic E-state index is -0.379. The van der Waals surface area contributed by atoms with Crippen LogP contribution in [-0.4, -0.2) is 5.91 Å². The number of fused-ring (bicyclic) bond motifs is 1. The molecule has 0 fully saturated rings. The van der Waals surface area contributed by atoms with Crippen LogP contribution in [0, 0.1) is 11.7 Å². The zero-order valence-corrected chi connectivity index (χ0v) is 9.90. The van der Waals surface area contributed by atoms with Crippen LogP contribution in [0.2, 0.25) is 0 Å². The highest BCUT2D eigenvalue weighted by Crippen LogP contribution is 2.32. The van der Waals surface area contributed by atoms with E-state index in [1.165, 1.54) is 0 Å². The number of carbonyl (C=O) groups excluding carboxylic acids is 1. The molecule has 1 aromatic rings. The standard InChI is InChI=1S/C11H11BrFNO/c1-2-6-5-7-3-4-8(12)9(13)10(7)14-11(6)15/h3-4,6H,2,5H2,1H3,(H,14,15). The van der Waals surface area contributed by atoms with Crippen molar-refractivity contribution in [1.29, 1.82) is 0 Å². The molecular weight excluding hydrogens is 261 g/mol. The molecule has 0 bridgehead atoms. The summed E-state index contributed by atoms with van der Waals surface area (Å²) in [7, 11) is 0. The molecule has 0 saturated heterocycles. The Morgan fingerprint density at radius 2 is 2.33 bits per heavy atom. The number of carbonyl (C=O) groups is 1. The van der Waals surface area contributed by atoms with Crippen molar-refractivity contribution in [2.24, 2.45) is 5.92 Å². The van der Waals surface area contributed by atoms with Crippen LogP contribution in [0.3, 0.4) is 0 Å². The van der Waals surface area contributed by atoms with E-state index in [9.17, 15) is 9.18 Å². The third kappa shape index (κ3) is 1.78. The molecule has 2 nitrogen and oxygen atoms in total. The topological polar surface area (TPSA) is 29.1 Å². The summed E-state index contributed by atoms with van der Waals surface area (Å²) in [5.74, 6) is -0.490. The molecule has 0 aliphatic carbocycles. The van der Waals surface area contributed by atoms with Gasteiger partial charge in [-0.05, 0) is 40.4 Å². The van der Waals surface area contributed by atoms with Gasteiger partial charge in [-0.1, -0.05) is 13.0 Å². The smallest absolute Gasteiger partial charge is 0.227 e. The molecule has 1 amide bonds. The van der Waals surface area contributed by atoms with Gasteiger partial charge in [0.15, 0.2) is 5.82 Å². The molecule has 1 atom stereocenters. The molecule has 2 rings (SSSR count). The van der Waals surface area contributed by atoms with Crippen molar-refractivity contribution in [2.75, 3.05) is 5.32 Å². The minimum absolute atomic E-state index is 0.0296. The zero-order valence-electron chi connectivity index (χ0n) is 8.31. The Morgan fingerprint density at radius 3 is 3.00 bits per heavy atom. The summed E-state index contributed by atoms with van der Waals surface area (Å²) in [4.78, 5) is 11.6. The molecule has 1 aliphatic rings. The van der Waals surface area contributed by atoms with Gasteiger partial charge in [0, 0.05) is 5.92 Å². The molecule has 1 unspecified atom stereocenters. The van der Waals surface area contributed by atoms with E-state index in [0.717, 1.165) is 12.0 Å². The fourth-order valence-corrected chi connectivity index (χ4v) is 2.14. The van der Waals surface area contributed by atoms with E-state index in [1.807, 2.05) is 13.0 Å². The molecule has 0 radical (unpaired) electrons. The predicted octanol–water partition coefficient (Wildman–Crippen LogP) is 3.11. The highest BCUT2D eigenvalue weighted by molar-refractivity contribution is 9.10. The van der Waals surface area contributed by atoms with E-state index >= 15 is 0 Å². The largest absolute Gasteiger partial charge is 0.323 e. The highest BCUT2D eigenvalue weighted by Gasteiger charge is 2.27. The lowest BCUT2D eigenvalue weighted by molar-refractivity contribution is -0.120. The Bertz CT molecular complexity index is 419. The third-order valence-electron chi connectivity index (χ3n) is 2.76. The fourth-order valence-electron chi connectivity index (χ4n) is 1.81. The number of amides is 1. The van der Waals surface area contributed by atoms with Gasteiger partial charge in [0.25, 0.3) is 0 Å². The van der Waals surface area contributed by atoms with Gasteiger partial charge in [-0.2, -0.15) is 0 Å².